The molecule has 1 aromatic carbocycles. The summed E-state index contributed by atoms with van der Waals surface area (Å²) in [6.07, 6.45) is -0.582. The number of nitrogens with zero attached hydrogens (tertiary/aromatic N) is 2. The number of nitrogens with one attached hydrogen (secondary N) is 2. The molecule has 0 aliphatic carbocycles. The van der Waals surface area contributed by atoms with Crippen LogP contribution in [0.5, 0.6) is 0 Å². The van der Waals surface area contributed by atoms with E-state index in [-0.39, 0.29) is 30.1 Å². The van der Waals surface area contributed by atoms with E-state index >= 15 is 0 Å². The highest BCUT2D eigenvalue weighted by atomic mass is 35.5. The van der Waals surface area contributed by atoms with E-state index in [2.05, 4.69) is 15.6 Å². The highest BCUT2D eigenvalue weighted by Crippen LogP contribution is 2.35. The number of pyridine rings is 1. The third kappa shape index (κ3) is 6.96. The van der Waals surface area contributed by atoms with E-state index in [9.17, 15) is 22.4 Å². The Morgan fingerprint density at radius 2 is 2.09 bits per heavy atom. The lowest BCUT2D eigenvalue weighted by atomic mass is 10.00. The van der Waals surface area contributed by atoms with Gasteiger partial charge in [0.1, 0.15) is 11.6 Å². The molecular weight excluding hydrogens is 488 g/mol. The second-order valence-corrected chi connectivity index (χ2v) is 7.57. The minimum atomic E-state index is -4.75. The van der Waals surface area contributed by atoms with Crippen molar-refractivity contribution in [2.75, 3.05) is 18.5 Å². The van der Waals surface area contributed by atoms with E-state index in [1.165, 1.54) is 19.1 Å². The maximum absolute atomic E-state index is 14.7. The maximum atomic E-state index is 14.7. The molecule has 1 aromatic heterocycles. The number of nitriles is 1. The number of hydrogen-bond donors (Lipinski definition) is 2. The Hall–Kier alpha value is -3.58. The van der Waals surface area contributed by atoms with Gasteiger partial charge in [-0.15, -0.1) is 12.4 Å². The summed E-state index contributed by atoms with van der Waals surface area (Å²) < 4.78 is 60.3. The van der Waals surface area contributed by atoms with Crippen molar-refractivity contribution < 1.29 is 27.1 Å². The summed E-state index contributed by atoms with van der Waals surface area (Å²) in [5.41, 5.74) is -0.228. The zero-order valence-corrected chi connectivity index (χ0v) is 19.7. The molecule has 186 valence electrons. The summed E-state index contributed by atoms with van der Waals surface area (Å²) in [7, 11) is 0. The predicted molar refractivity (Wildman–Crippen MR) is 125 cm³/mol. The summed E-state index contributed by atoms with van der Waals surface area (Å²) >= 11 is 0. The number of allylic oxidation sites excluding steroid dienone is 1. The highest BCUT2D eigenvalue weighted by molar-refractivity contribution is 5.92. The maximum Gasteiger partial charge on any atom is 0.418 e. The van der Waals surface area contributed by atoms with Crippen LogP contribution in [0.25, 0.3) is 5.57 Å². The van der Waals surface area contributed by atoms with Crippen molar-refractivity contribution in [2.45, 2.75) is 32.4 Å². The standard InChI is InChI=1S/C24H22F4N4O2.ClH/c1-3-34-19-6-17(11-30-13-19)15-4-5-16(21(25)7-15)8-22(33)32-18-9-20(24(26,27)28)23(31-12-18)14(2)10-29;/h4-7,9,12-14,30H,3,8,11H2,1-2H3,(H,32,33);1H. The lowest BCUT2D eigenvalue weighted by Crippen LogP contribution is -2.18. The van der Waals surface area contributed by atoms with Gasteiger partial charge < -0.3 is 15.4 Å². The van der Waals surface area contributed by atoms with Gasteiger partial charge in [-0.25, -0.2) is 4.39 Å². The van der Waals surface area contributed by atoms with Gasteiger partial charge in [0.25, 0.3) is 0 Å². The number of dihydropyridines is 1. The fourth-order valence-electron chi connectivity index (χ4n) is 3.41. The molecule has 0 fully saturated rings. The zero-order chi connectivity index (χ0) is 24.9. The monoisotopic (exact) mass is 510 g/mol. The third-order valence-electron chi connectivity index (χ3n) is 5.05. The minimum Gasteiger partial charge on any atom is -0.492 e. The Kier molecular flexibility index (Phi) is 9.25. The van der Waals surface area contributed by atoms with Crippen LogP contribution in [0.15, 0.2) is 48.5 Å². The van der Waals surface area contributed by atoms with E-state index in [1.54, 1.807) is 24.4 Å². The number of benzene rings is 1. The lowest BCUT2D eigenvalue weighted by Gasteiger charge is -2.17. The van der Waals surface area contributed by atoms with Crippen LogP contribution in [0, 0.1) is 17.1 Å². The molecule has 1 atom stereocenters. The summed E-state index contributed by atoms with van der Waals surface area (Å²) in [5, 5.41) is 14.3. The number of hydrogen-bond acceptors (Lipinski definition) is 5. The van der Waals surface area contributed by atoms with Gasteiger partial charge >= 0.3 is 6.18 Å². The molecule has 0 saturated heterocycles. The molecule has 35 heavy (non-hydrogen) atoms. The first-order chi connectivity index (χ1) is 16.1. The molecule has 1 aliphatic heterocycles. The molecular formula is C24H23ClF4N4O2. The molecule has 11 heteroatoms. The van der Waals surface area contributed by atoms with Crippen LogP contribution in [-0.4, -0.2) is 24.0 Å². The van der Waals surface area contributed by atoms with Crippen LogP contribution in [0.3, 0.4) is 0 Å². The van der Waals surface area contributed by atoms with E-state index in [1.807, 2.05) is 6.92 Å². The third-order valence-corrected chi connectivity index (χ3v) is 5.05. The lowest BCUT2D eigenvalue weighted by molar-refractivity contribution is -0.138. The Bertz CT molecular complexity index is 1190. The van der Waals surface area contributed by atoms with Crippen LogP contribution in [0.4, 0.5) is 23.2 Å². The van der Waals surface area contributed by atoms with Crippen LogP contribution in [0.1, 0.15) is 42.1 Å². The fourth-order valence-corrected chi connectivity index (χ4v) is 3.41. The molecule has 2 aromatic rings. The molecule has 0 radical (unpaired) electrons. The van der Waals surface area contributed by atoms with Gasteiger partial charge in [-0.1, -0.05) is 12.1 Å². The van der Waals surface area contributed by atoms with Gasteiger partial charge in [-0.2, -0.15) is 18.4 Å². The number of rotatable bonds is 7. The van der Waals surface area contributed by atoms with Gasteiger partial charge in [0, 0.05) is 12.7 Å². The van der Waals surface area contributed by atoms with Crippen molar-refractivity contribution in [3.8, 4) is 6.07 Å². The Balaban J connectivity index is 0.00000432. The van der Waals surface area contributed by atoms with Crippen LogP contribution >= 0.6 is 12.4 Å². The number of alkyl halides is 3. The van der Waals surface area contributed by atoms with Crippen LogP contribution < -0.4 is 10.6 Å². The van der Waals surface area contributed by atoms with Gasteiger partial charge in [-0.05, 0) is 48.8 Å². The molecule has 2 N–H and O–H groups in total. The van der Waals surface area contributed by atoms with Crippen LogP contribution in [0.2, 0.25) is 0 Å². The number of amides is 1. The first-order valence-electron chi connectivity index (χ1n) is 10.4. The second-order valence-electron chi connectivity index (χ2n) is 7.57. The Labute approximate surface area is 206 Å². The smallest absolute Gasteiger partial charge is 0.418 e. The van der Waals surface area contributed by atoms with E-state index in [0.29, 0.717) is 24.5 Å². The molecule has 3 rings (SSSR count). The number of carbonyl (C=O) groups is 1. The van der Waals surface area contributed by atoms with E-state index < -0.39 is 35.1 Å². The molecule has 0 bridgehead atoms. The number of aromatic nitrogens is 1. The van der Waals surface area contributed by atoms with Crippen molar-refractivity contribution in [3.63, 3.8) is 0 Å². The van der Waals surface area contributed by atoms with Gasteiger partial charge in [0.2, 0.25) is 5.91 Å². The first kappa shape index (κ1) is 27.7. The number of anilines is 1. The predicted octanol–water partition coefficient (Wildman–Crippen LogP) is 5.33. The average Bonchev–Trinajstić information content (AvgIpc) is 2.79. The normalized spacial score (nSPS) is 13.9. The quantitative estimate of drug-likeness (QED) is 0.491. The van der Waals surface area contributed by atoms with Gasteiger partial charge in [-0.3, -0.25) is 9.78 Å². The van der Waals surface area contributed by atoms with E-state index in [4.69, 9.17) is 10.00 Å². The first-order valence-corrected chi connectivity index (χ1v) is 10.4. The molecule has 0 spiro atoms. The highest BCUT2D eigenvalue weighted by Gasteiger charge is 2.36. The van der Waals surface area contributed by atoms with Crippen molar-refractivity contribution in [3.05, 3.63) is 76.7 Å². The van der Waals surface area contributed by atoms with Crippen LogP contribution in [-0.2, 0) is 22.1 Å². The summed E-state index contributed by atoms with van der Waals surface area (Å²) in [5.74, 6) is -1.78. The fraction of sp³-hybridized carbons (Fsp3) is 0.292. The van der Waals surface area contributed by atoms with Crippen molar-refractivity contribution in [1.29, 1.82) is 5.26 Å². The average molecular weight is 511 g/mol. The van der Waals surface area contributed by atoms with Crippen molar-refractivity contribution in [1.82, 2.24) is 10.3 Å². The molecule has 0 saturated carbocycles. The summed E-state index contributed by atoms with van der Waals surface area (Å²) in [4.78, 5) is 16.1. The largest absolute Gasteiger partial charge is 0.492 e. The minimum absolute atomic E-state index is 0. The zero-order valence-electron chi connectivity index (χ0n) is 18.9. The SMILES string of the molecule is CCOC1=CNCC(c2ccc(CC(=O)Nc3cnc(C(C)C#N)c(C(F)(F)F)c3)c(F)c2)=C1.Cl. The molecule has 2 heterocycles. The summed E-state index contributed by atoms with van der Waals surface area (Å²) in [6.45, 7) is 4.11. The second kappa shape index (κ2) is 11.7. The number of carbonyl (C=O) groups excluding carboxylic acids is 1. The summed E-state index contributed by atoms with van der Waals surface area (Å²) in [6, 6.07) is 6.86. The topological polar surface area (TPSA) is 87.0 Å². The van der Waals surface area contributed by atoms with E-state index in [0.717, 1.165) is 17.8 Å². The molecule has 1 unspecified atom stereocenters. The van der Waals surface area contributed by atoms with Crippen molar-refractivity contribution >= 4 is 29.6 Å². The molecule has 6 nitrogen and oxygen atoms in total. The Morgan fingerprint density at radius 1 is 1.34 bits per heavy atom. The molecule has 1 amide bonds. The van der Waals surface area contributed by atoms with Crippen molar-refractivity contribution in [2.24, 2.45) is 0 Å². The molecule has 1 aliphatic rings. The Morgan fingerprint density at radius 3 is 2.71 bits per heavy atom. The van der Waals surface area contributed by atoms with Gasteiger partial charge in [0.15, 0.2) is 0 Å². The number of ether oxygens (including phenoxy) is 1. The van der Waals surface area contributed by atoms with Gasteiger partial charge in [0.05, 0.1) is 48.2 Å². The number of halogens is 5.